The topological polar surface area (TPSA) is 61.3 Å². The van der Waals surface area contributed by atoms with Crippen LogP contribution in [0, 0.1) is 0 Å². The molecule has 2 rings (SSSR count). The maximum absolute atomic E-state index is 5.84. The summed E-state index contributed by atoms with van der Waals surface area (Å²) in [5, 5.41) is 4.07. The molecule has 1 heterocycles. The molecule has 0 unspecified atom stereocenters. The van der Waals surface area contributed by atoms with Crippen LogP contribution in [0.1, 0.15) is 39.2 Å². The van der Waals surface area contributed by atoms with E-state index in [9.17, 15) is 0 Å². The fourth-order valence-corrected chi connectivity index (χ4v) is 2.06. The molecule has 1 aromatic carbocycles. The van der Waals surface area contributed by atoms with E-state index in [1.165, 1.54) is 0 Å². The van der Waals surface area contributed by atoms with Crippen molar-refractivity contribution in [2.24, 2.45) is 0 Å². The van der Waals surface area contributed by atoms with Crippen molar-refractivity contribution >= 4 is 5.88 Å². The SMILES string of the molecule is CC(C)Oc1cccc(-c2noc(N)c2C(C)C)c1. The molecule has 4 nitrogen and oxygen atoms in total. The van der Waals surface area contributed by atoms with Crippen LogP contribution in [-0.2, 0) is 0 Å². The monoisotopic (exact) mass is 260 g/mol. The molecule has 2 N–H and O–H groups in total. The lowest BCUT2D eigenvalue weighted by Crippen LogP contribution is -2.05. The molecule has 0 saturated carbocycles. The van der Waals surface area contributed by atoms with E-state index in [1.807, 2.05) is 38.1 Å². The lowest BCUT2D eigenvalue weighted by Gasteiger charge is -2.11. The van der Waals surface area contributed by atoms with Crippen LogP contribution < -0.4 is 10.5 Å². The zero-order valence-electron chi connectivity index (χ0n) is 11.8. The largest absolute Gasteiger partial charge is 0.491 e. The van der Waals surface area contributed by atoms with Gasteiger partial charge in [0.15, 0.2) is 0 Å². The van der Waals surface area contributed by atoms with Crippen molar-refractivity contribution in [1.29, 1.82) is 0 Å². The van der Waals surface area contributed by atoms with Gasteiger partial charge < -0.3 is 15.0 Å². The van der Waals surface area contributed by atoms with E-state index in [0.717, 1.165) is 22.6 Å². The number of aromatic nitrogens is 1. The van der Waals surface area contributed by atoms with Crippen LogP contribution in [0.25, 0.3) is 11.3 Å². The quantitative estimate of drug-likeness (QED) is 0.907. The van der Waals surface area contributed by atoms with Gasteiger partial charge in [-0.15, -0.1) is 0 Å². The summed E-state index contributed by atoms with van der Waals surface area (Å²) < 4.78 is 10.8. The molecule has 0 fully saturated rings. The Morgan fingerprint density at radius 1 is 1.21 bits per heavy atom. The van der Waals surface area contributed by atoms with Crippen LogP contribution in [0.5, 0.6) is 5.75 Å². The number of ether oxygens (including phenoxy) is 1. The molecule has 2 aromatic rings. The molecule has 0 atom stereocenters. The minimum atomic E-state index is 0.141. The zero-order chi connectivity index (χ0) is 14.0. The minimum absolute atomic E-state index is 0.141. The van der Waals surface area contributed by atoms with Crippen molar-refractivity contribution in [3.05, 3.63) is 29.8 Å². The first-order valence-electron chi connectivity index (χ1n) is 6.51. The molecule has 19 heavy (non-hydrogen) atoms. The van der Waals surface area contributed by atoms with Crippen LogP contribution in [0.3, 0.4) is 0 Å². The molecular weight excluding hydrogens is 240 g/mol. The lowest BCUT2D eigenvalue weighted by molar-refractivity contribution is 0.242. The molecule has 0 radical (unpaired) electrons. The van der Waals surface area contributed by atoms with Gasteiger partial charge in [-0.05, 0) is 31.9 Å². The van der Waals surface area contributed by atoms with Gasteiger partial charge in [-0.25, -0.2) is 0 Å². The average Bonchev–Trinajstić information content (AvgIpc) is 2.70. The molecule has 4 heteroatoms. The number of benzene rings is 1. The number of hydrogen-bond acceptors (Lipinski definition) is 4. The third-order valence-corrected chi connectivity index (χ3v) is 2.81. The van der Waals surface area contributed by atoms with Crippen LogP contribution in [0.2, 0.25) is 0 Å². The van der Waals surface area contributed by atoms with Crippen molar-refractivity contribution in [3.63, 3.8) is 0 Å². The highest BCUT2D eigenvalue weighted by molar-refractivity contribution is 5.69. The van der Waals surface area contributed by atoms with E-state index >= 15 is 0 Å². The Bertz CT molecular complexity index is 559. The average molecular weight is 260 g/mol. The fraction of sp³-hybridized carbons (Fsp3) is 0.400. The number of nitrogens with two attached hydrogens (primary N) is 1. The van der Waals surface area contributed by atoms with Crippen molar-refractivity contribution in [2.45, 2.75) is 39.7 Å². The van der Waals surface area contributed by atoms with E-state index in [2.05, 4.69) is 19.0 Å². The van der Waals surface area contributed by atoms with Gasteiger partial charge in [-0.1, -0.05) is 31.1 Å². The summed E-state index contributed by atoms with van der Waals surface area (Å²) in [5.74, 6) is 1.47. The summed E-state index contributed by atoms with van der Waals surface area (Å²) in [7, 11) is 0. The summed E-state index contributed by atoms with van der Waals surface area (Å²) in [5.41, 5.74) is 8.54. The maximum atomic E-state index is 5.84. The normalized spacial score (nSPS) is 11.3. The van der Waals surface area contributed by atoms with E-state index in [4.69, 9.17) is 15.0 Å². The summed E-state index contributed by atoms with van der Waals surface area (Å²) in [6.07, 6.45) is 0.141. The van der Waals surface area contributed by atoms with Crippen molar-refractivity contribution in [1.82, 2.24) is 5.16 Å². The third kappa shape index (κ3) is 2.89. The predicted molar refractivity (Wildman–Crippen MR) is 76.2 cm³/mol. The Balaban J connectivity index is 2.42. The summed E-state index contributed by atoms with van der Waals surface area (Å²) in [6, 6.07) is 7.82. The molecule has 0 amide bonds. The smallest absolute Gasteiger partial charge is 0.226 e. The van der Waals surface area contributed by atoms with Crippen molar-refractivity contribution < 1.29 is 9.26 Å². The second-order valence-corrected chi connectivity index (χ2v) is 5.16. The highest BCUT2D eigenvalue weighted by Crippen LogP contribution is 2.34. The van der Waals surface area contributed by atoms with Gasteiger partial charge in [0.25, 0.3) is 0 Å². The minimum Gasteiger partial charge on any atom is -0.491 e. The summed E-state index contributed by atoms with van der Waals surface area (Å²) in [4.78, 5) is 0. The van der Waals surface area contributed by atoms with Gasteiger partial charge >= 0.3 is 0 Å². The Morgan fingerprint density at radius 2 is 1.95 bits per heavy atom. The van der Waals surface area contributed by atoms with E-state index in [1.54, 1.807) is 0 Å². The van der Waals surface area contributed by atoms with Crippen LogP contribution >= 0.6 is 0 Å². The number of anilines is 1. The molecule has 0 aliphatic heterocycles. The highest BCUT2D eigenvalue weighted by Gasteiger charge is 2.18. The van der Waals surface area contributed by atoms with Crippen molar-refractivity contribution in [3.8, 4) is 17.0 Å². The van der Waals surface area contributed by atoms with Gasteiger partial charge in [0.2, 0.25) is 5.88 Å². The summed E-state index contributed by atoms with van der Waals surface area (Å²) >= 11 is 0. The predicted octanol–water partition coefficient (Wildman–Crippen LogP) is 3.83. The Kier molecular flexibility index (Phi) is 3.79. The first-order valence-corrected chi connectivity index (χ1v) is 6.51. The van der Waals surface area contributed by atoms with Crippen LogP contribution in [-0.4, -0.2) is 11.3 Å². The molecule has 0 bridgehead atoms. The number of nitrogens with zero attached hydrogens (tertiary/aromatic N) is 1. The van der Waals surface area contributed by atoms with Gasteiger partial charge in [-0.2, -0.15) is 0 Å². The molecule has 0 aliphatic carbocycles. The van der Waals surface area contributed by atoms with E-state index in [0.29, 0.717) is 5.88 Å². The number of rotatable bonds is 4. The van der Waals surface area contributed by atoms with E-state index in [-0.39, 0.29) is 12.0 Å². The van der Waals surface area contributed by atoms with Gasteiger partial charge in [0.05, 0.1) is 6.10 Å². The van der Waals surface area contributed by atoms with Gasteiger partial charge in [-0.3, -0.25) is 0 Å². The third-order valence-electron chi connectivity index (χ3n) is 2.81. The van der Waals surface area contributed by atoms with Crippen LogP contribution in [0.4, 0.5) is 5.88 Å². The van der Waals surface area contributed by atoms with Gasteiger partial charge in [0, 0.05) is 11.1 Å². The molecular formula is C15H20N2O2. The van der Waals surface area contributed by atoms with Crippen molar-refractivity contribution in [2.75, 3.05) is 5.73 Å². The number of nitrogen functional groups attached to an aromatic ring is 1. The Morgan fingerprint density at radius 3 is 2.58 bits per heavy atom. The first-order chi connectivity index (χ1) is 8.99. The fourth-order valence-electron chi connectivity index (χ4n) is 2.06. The summed E-state index contributed by atoms with van der Waals surface area (Å²) in [6.45, 7) is 8.14. The first kappa shape index (κ1) is 13.5. The maximum Gasteiger partial charge on any atom is 0.226 e. The molecule has 0 saturated heterocycles. The lowest BCUT2D eigenvalue weighted by atomic mass is 9.99. The standard InChI is InChI=1S/C15H20N2O2/c1-9(2)13-14(17-19-15(13)16)11-6-5-7-12(8-11)18-10(3)4/h5-10H,16H2,1-4H3. The van der Waals surface area contributed by atoms with E-state index < -0.39 is 0 Å². The molecule has 0 spiro atoms. The second kappa shape index (κ2) is 5.34. The molecule has 0 aliphatic rings. The van der Waals surface area contributed by atoms with Crippen LogP contribution in [0.15, 0.2) is 28.8 Å². The molecule has 102 valence electrons. The Hall–Kier alpha value is -1.97. The number of hydrogen-bond donors (Lipinski definition) is 1. The highest BCUT2D eigenvalue weighted by atomic mass is 16.5. The Labute approximate surface area is 113 Å². The molecule has 1 aromatic heterocycles. The second-order valence-electron chi connectivity index (χ2n) is 5.16. The zero-order valence-corrected chi connectivity index (χ0v) is 11.8. The van der Waals surface area contributed by atoms with Gasteiger partial charge in [0.1, 0.15) is 11.4 Å².